The summed E-state index contributed by atoms with van der Waals surface area (Å²) in [6, 6.07) is 11.3. The van der Waals surface area contributed by atoms with Crippen molar-refractivity contribution in [3.8, 4) is 5.75 Å². The van der Waals surface area contributed by atoms with Crippen LogP contribution in [0.4, 0.5) is 5.69 Å². The first-order chi connectivity index (χ1) is 9.84. The Bertz CT molecular complexity index is 638. The molecule has 0 saturated carbocycles. The van der Waals surface area contributed by atoms with E-state index in [9.17, 15) is 4.79 Å². The van der Waals surface area contributed by atoms with Crippen LogP contribution in [-0.4, -0.2) is 24.0 Å². The number of amides is 1. The average molecular weight is 266 g/mol. The Morgan fingerprint density at radius 2 is 2.15 bits per heavy atom. The number of aromatic nitrogens is 1. The second-order valence-corrected chi connectivity index (χ2v) is 4.43. The van der Waals surface area contributed by atoms with E-state index in [1.165, 1.54) is 0 Å². The first-order valence-electron chi connectivity index (χ1n) is 6.46. The van der Waals surface area contributed by atoms with Crippen molar-refractivity contribution in [1.29, 1.82) is 0 Å². The van der Waals surface area contributed by atoms with Gasteiger partial charge in [-0.25, -0.2) is 0 Å². The highest BCUT2D eigenvalue weighted by atomic mass is 16.5. The van der Waals surface area contributed by atoms with Gasteiger partial charge in [-0.2, -0.15) is 0 Å². The van der Waals surface area contributed by atoms with Gasteiger partial charge in [0.15, 0.2) is 0 Å². The van der Waals surface area contributed by atoms with Gasteiger partial charge in [-0.15, -0.1) is 0 Å². The van der Waals surface area contributed by atoms with Crippen LogP contribution < -0.4 is 9.64 Å². The number of nitrogens with zero attached hydrogens (tertiary/aromatic N) is 2. The summed E-state index contributed by atoms with van der Waals surface area (Å²) in [6.45, 7) is 1.08. The number of ether oxygens (including phenoxy) is 1. The molecule has 2 heterocycles. The van der Waals surface area contributed by atoms with Gasteiger partial charge in [0, 0.05) is 18.5 Å². The molecule has 0 saturated heterocycles. The first-order valence-corrected chi connectivity index (χ1v) is 6.46. The minimum Gasteiger partial charge on any atom is -0.490 e. The van der Waals surface area contributed by atoms with Crippen molar-refractivity contribution in [2.75, 3.05) is 18.1 Å². The molecule has 0 fully saturated rings. The Labute approximate surface area is 117 Å². The summed E-state index contributed by atoms with van der Waals surface area (Å²) < 4.78 is 5.54. The van der Waals surface area contributed by atoms with Crippen LogP contribution in [0.1, 0.15) is 5.56 Å². The molecule has 0 N–H and O–H groups in total. The lowest BCUT2D eigenvalue weighted by atomic mass is 10.2. The molecule has 1 amide bonds. The fraction of sp³-hybridized carbons (Fsp3) is 0.125. The molecule has 4 nitrogen and oxygen atoms in total. The second kappa shape index (κ2) is 5.57. The van der Waals surface area contributed by atoms with Crippen LogP contribution in [0.15, 0.2) is 54.9 Å². The summed E-state index contributed by atoms with van der Waals surface area (Å²) in [4.78, 5) is 18.0. The van der Waals surface area contributed by atoms with Crippen molar-refractivity contribution in [2.24, 2.45) is 0 Å². The fourth-order valence-corrected chi connectivity index (χ4v) is 2.13. The highest BCUT2D eigenvalue weighted by molar-refractivity contribution is 6.04. The van der Waals surface area contributed by atoms with E-state index < -0.39 is 0 Å². The van der Waals surface area contributed by atoms with E-state index in [2.05, 4.69) is 4.98 Å². The number of para-hydroxylation sites is 2. The summed E-state index contributed by atoms with van der Waals surface area (Å²) >= 11 is 0. The molecule has 3 rings (SSSR count). The molecule has 0 aliphatic carbocycles. The summed E-state index contributed by atoms with van der Waals surface area (Å²) in [5, 5.41) is 0. The molecule has 1 aromatic heterocycles. The van der Waals surface area contributed by atoms with E-state index in [0.717, 1.165) is 17.0 Å². The van der Waals surface area contributed by atoms with Crippen molar-refractivity contribution in [2.45, 2.75) is 0 Å². The maximum absolute atomic E-state index is 12.3. The molecule has 0 spiro atoms. The van der Waals surface area contributed by atoms with Crippen LogP contribution in [-0.2, 0) is 4.79 Å². The number of benzene rings is 1. The van der Waals surface area contributed by atoms with Crippen LogP contribution >= 0.6 is 0 Å². The third-order valence-corrected chi connectivity index (χ3v) is 3.10. The number of rotatable bonds is 2. The molecule has 0 bridgehead atoms. The smallest absolute Gasteiger partial charge is 0.251 e. The Kier molecular flexibility index (Phi) is 3.46. The zero-order valence-corrected chi connectivity index (χ0v) is 10.9. The zero-order valence-electron chi connectivity index (χ0n) is 10.9. The number of anilines is 1. The van der Waals surface area contributed by atoms with E-state index in [1.807, 2.05) is 36.4 Å². The minimum absolute atomic E-state index is 0.0513. The molecule has 1 aliphatic heterocycles. The number of carbonyl (C=O) groups excluding carboxylic acids is 1. The molecule has 0 radical (unpaired) electrons. The second-order valence-electron chi connectivity index (χ2n) is 4.43. The fourth-order valence-electron chi connectivity index (χ4n) is 2.13. The van der Waals surface area contributed by atoms with Crippen molar-refractivity contribution in [3.63, 3.8) is 0 Å². The van der Waals surface area contributed by atoms with Gasteiger partial charge < -0.3 is 9.64 Å². The Balaban J connectivity index is 1.80. The lowest BCUT2D eigenvalue weighted by Crippen LogP contribution is -2.36. The van der Waals surface area contributed by atoms with Gasteiger partial charge >= 0.3 is 0 Å². The third-order valence-electron chi connectivity index (χ3n) is 3.10. The topological polar surface area (TPSA) is 42.4 Å². The molecule has 4 heteroatoms. The number of hydrogen-bond donors (Lipinski definition) is 0. The van der Waals surface area contributed by atoms with Gasteiger partial charge in [0.2, 0.25) is 0 Å². The summed E-state index contributed by atoms with van der Waals surface area (Å²) in [5.74, 6) is 0.700. The quantitative estimate of drug-likeness (QED) is 0.784. The van der Waals surface area contributed by atoms with Crippen LogP contribution in [0, 0.1) is 0 Å². The van der Waals surface area contributed by atoms with Crippen molar-refractivity contribution in [1.82, 2.24) is 4.98 Å². The average Bonchev–Trinajstić information content (AvgIpc) is 2.53. The van der Waals surface area contributed by atoms with Crippen LogP contribution in [0.3, 0.4) is 0 Å². The van der Waals surface area contributed by atoms with E-state index >= 15 is 0 Å². The predicted octanol–water partition coefficient (Wildman–Crippen LogP) is 2.52. The Morgan fingerprint density at radius 3 is 3.00 bits per heavy atom. The third kappa shape index (κ3) is 2.54. The van der Waals surface area contributed by atoms with E-state index in [4.69, 9.17) is 4.74 Å². The predicted molar refractivity (Wildman–Crippen MR) is 77.6 cm³/mol. The van der Waals surface area contributed by atoms with E-state index in [-0.39, 0.29) is 5.91 Å². The lowest BCUT2D eigenvalue weighted by Gasteiger charge is -2.28. The SMILES string of the molecule is O=C(/C=C/c1cccnc1)N1CCOc2ccccc21. The summed E-state index contributed by atoms with van der Waals surface area (Å²) in [6.07, 6.45) is 6.76. The normalized spacial score (nSPS) is 13.9. The number of hydrogen-bond acceptors (Lipinski definition) is 3. The molecule has 20 heavy (non-hydrogen) atoms. The maximum atomic E-state index is 12.3. The number of carbonyl (C=O) groups is 1. The highest BCUT2D eigenvalue weighted by Crippen LogP contribution is 2.31. The molecule has 100 valence electrons. The van der Waals surface area contributed by atoms with Crippen LogP contribution in [0.5, 0.6) is 5.75 Å². The van der Waals surface area contributed by atoms with Gasteiger partial charge in [0.1, 0.15) is 12.4 Å². The van der Waals surface area contributed by atoms with Gasteiger partial charge in [0.25, 0.3) is 5.91 Å². The monoisotopic (exact) mass is 266 g/mol. The molecule has 1 aliphatic rings. The van der Waals surface area contributed by atoms with Gasteiger partial charge in [-0.1, -0.05) is 18.2 Å². The minimum atomic E-state index is -0.0513. The van der Waals surface area contributed by atoms with Gasteiger partial charge in [-0.3, -0.25) is 9.78 Å². The van der Waals surface area contributed by atoms with Gasteiger partial charge in [0.05, 0.1) is 12.2 Å². The summed E-state index contributed by atoms with van der Waals surface area (Å²) in [5.41, 5.74) is 1.72. The Hall–Kier alpha value is -2.62. The van der Waals surface area contributed by atoms with E-state index in [0.29, 0.717) is 13.2 Å². The number of fused-ring (bicyclic) bond motifs is 1. The molecule has 0 atom stereocenters. The molecule has 1 aromatic carbocycles. The van der Waals surface area contributed by atoms with Gasteiger partial charge in [-0.05, 0) is 29.8 Å². The standard InChI is InChI=1S/C16H14N2O2/c19-16(8-7-13-4-3-9-17-12-13)18-10-11-20-15-6-2-1-5-14(15)18/h1-9,12H,10-11H2/b8-7+. The van der Waals surface area contributed by atoms with Crippen LogP contribution in [0.25, 0.3) is 6.08 Å². The molecule has 2 aromatic rings. The molecular formula is C16H14N2O2. The van der Waals surface area contributed by atoms with Crippen molar-refractivity contribution < 1.29 is 9.53 Å². The highest BCUT2D eigenvalue weighted by Gasteiger charge is 2.21. The van der Waals surface area contributed by atoms with E-state index in [1.54, 1.807) is 29.4 Å². The maximum Gasteiger partial charge on any atom is 0.251 e. The molecular weight excluding hydrogens is 252 g/mol. The summed E-state index contributed by atoms with van der Waals surface area (Å²) in [7, 11) is 0. The Morgan fingerprint density at radius 1 is 1.25 bits per heavy atom. The van der Waals surface area contributed by atoms with Crippen molar-refractivity contribution >= 4 is 17.7 Å². The number of pyridine rings is 1. The lowest BCUT2D eigenvalue weighted by molar-refractivity contribution is -0.114. The van der Waals surface area contributed by atoms with Crippen LogP contribution in [0.2, 0.25) is 0 Å². The zero-order chi connectivity index (χ0) is 13.8. The largest absolute Gasteiger partial charge is 0.490 e. The first kappa shape index (κ1) is 12.4. The van der Waals surface area contributed by atoms with Crippen molar-refractivity contribution in [3.05, 3.63) is 60.4 Å². The molecule has 0 unspecified atom stereocenters.